The maximum Gasteiger partial charge on any atom is 0.265 e. The molecule has 1 aliphatic rings. The van der Waals surface area contributed by atoms with E-state index in [9.17, 15) is 18.0 Å². The summed E-state index contributed by atoms with van der Waals surface area (Å²) >= 11 is 10.8. The van der Waals surface area contributed by atoms with Crippen LogP contribution in [0.5, 0.6) is 0 Å². The van der Waals surface area contributed by atoms with Crippen molar-refractivity contribution < 1.29 is 18.0 Å². The lowest BCUT2D eigenvalue weighted by Crippen LogP contribution is -2.53. The fraction of sp³-hybridized carbons (Fsp3) is 0.0500. The first-order chi connectivity index (χ1) is 13.7. The van der Waals surface area contributed by atoms with E-state index in [1.807, 2.05) is 0 Å². The molecule has 9 heteroatoms. The van der Waals surface area contributed by atoms with Crippen LogP contribution in [0.2, 0.25) is 5.02 Å². The second-order valence-electron chi connectivity index (χ2n) is 6.05. The molecule has 0 unspecified atom stereocenters. The molecule has 148 valence electrons. The Morgan fingerprint density at radius 1 is 1.03 bits per heavy atom. The maximum absolute atomic E-state index is 12.7. The number of amides is 2. The van der Waals surface area contributed by atoms with E-state index in [1.165, 1.54) is 65.6 Å². The van der Waals surface area contributed by atoms with Crippen LogP contribution in [-0.2, 0) is 19.4 Å². The topological polar surface area (TPSA) is 83.6 Å². The molecule has 0 aromatic heterocycles. The maximum atomic E-state index is 12.7. The summed E-state index contributed by atoms with van der Waals surface area (Å²) in [5, 5.41) is 2.90. The van der Waals surface area contributed by atoms with Crippen molar-refractivity contribution in [1.82, 2.24) is 10.2 Å². The summed E-state index contributed by atoms with van der Waals surface area (Å²) in [6.45, 7) is 3.72. The van der Waals surface area contributed by atoms with Gasteiger partial charge in [0, 0.05) is 11.6 Å². The molecule has 1 saturated heterocycles. The van der Waals surface area contributed by atoms with Crippen LogP contribution in [0, 0.1) is 0 Å². The van der Waals surface area contributed by atoms with Crippen LogP contribution >= 0.6 is 23.8 Å². The minimum atomic E-state index is -3.71. The van der Waals surface area contributed by atoms with Crippen molar-refractivity contribution in [3.05, 3.63) is 77.3 Å². The first kappa shape index (κ1) is 20.9. The summed E-state index contributed by atoms with van der Waals surface area (Å²) < 4.78 is 25.4. The predicted octanol–water partition coefficient (Wildman–Crippen LogP) is 2.99. The molecule has 0 saturated carbocycles. The van der Waals surface area contributed by atoms with Crippen LogP contribution in [0.3, 0.4) is 0 Å². The Morgan fingerprint density at radius 2 is 1.59 bits per heavy atom. The minimum Gasteiger partial charge on any atom is -0.298 e. The molecule has 0 aliphatic carbocycles. The smallest absolute Gasteiger partial charge is 0.265 e. The average Bonchev–Trinajstić information content (AvgIpc) is 2.69. The number of hydrogen-bond donors (Lipinski definition) is 1. The molecule has 2 aromatic rings. The number of hydrogen-bond acceptors (Lipinski definition) is 5. The van der Waals surface area contributed by atoms with Crippen LogP contribution in [-0.4, -0.2) is 36.8 Å². The summed E-state index contributed by atoms with van der Waals surface area (Å²) in [4.78, 5) is 26.1. The Labute approximate surface area is 178 Å². The molecule has 2 aromatic carbocycles. The van der Waals surface area contributed by atoms with Gasteiger partial charge in [0.25, 0.3) is 11.8 Å². The molecule has 3 rings (SSSR count). The Bertz CT molecular complexity index is 1140. The highest BCUT2D eigenvalue weighted by atomic mass is 35.5. The zero-order chi connectivity index (χ0) is 21.2. The van der Waals surface area contributed by atoms with Crippen molar-refractivity contribution in [2.24, 2.45) is 0 Å². The number of thiocarbonyl (C=S) groups is 1. The third kappa shape index (κ3) is 4.29. The van der Waals surface area contributed by atoms with Gasteiger partial charge in [0.05, 0.1) is 9.79 Å². The van der Waals surface area contributed by atoms with Crippen molar-refractivity contribution in [3.63, 3.8) is 0 Å². The average molecular weight is 447 g/mol. The molecule has 6 nitrogen and oxygen atoms in total. The van der Waals surface area contributed by atoms with E-state index in [1.54, 1.807) is 0 Å². The molecule has 1 N–H and O–H groups in total. The number of benzene rings is 2. The fourth-order valence-corrected chi connectivity index (χ4v) is 4.29. The molecule has 0 radical (unpaired) electrons. The Kier molecular flexibility index (Phi) is 5.97. The van der Waals surface area contributed by atoms with Gasteiger partial charge in [-0.15, -0.1) is 6.58 Å². The molecular weight excluding hydrogens is 432 g/mol. The normalized spacial score (nSPS) is 16.1. The lowest BCUT2D eigenvalue weighted by Gasteiger charge is -2.27. The van der Waals surface area contributed by atoms with Crippen LogP contribution in [0.25, 0.3) is 6.08 Å². The van der Waals surface area contributed by atoms with Crippen LogP contribution < -0.4 is 5.32 Å². The van der Waals surface area contributed by atoms with Gasteiger partial charge in [-0.1, -0.05) is 29.8 Å². The Hall–Kier alpha value is -2.81. The molecule has 1 aliphatic heterocycles. The van der Waals surface area contributed by atoms with Gasteiger partial charge >= 0.3 is 0 Å². The highest BCUT2D eigenvalue weighted by molar-refractivity contribution is 7.91. The second kappa shape index (κ2) is 8.28. The van der Waals surface area contributed by atoms with Gasteiger partial charge < -0.3 is 0 Å². The van der Waals surface area contributed by atoms with Crippen molar-refractivity contribution >= 4 is 56.7 Å². The largest absolute Gasteiger partial charge is 0.298 e. The number of carbonyl (C=O) groups is 2. The number of carbonyl (C=O) groups excluding carboxylic acids is 2. The van der Waals surface area contributed by atoms with E-state index in [-0.39, 0.29) is 27.0 Å². The summed E-state index contributed by atoms with van der Waals surface area (Å²) in [7, 11) is -3.71. The highest BCUT2D eigenvalue weighted by Crippen LogP contribution is 2.23. The summed E-state index contributed by atoms with van der Waals surface area (Å²) in [6.07, 6.45) is 2.88. The van der Waals surface area contributed by atoms with E-state index in [4.69, 9.17) is 23.8 Å². The summed E-state index contributed by atoms with van der Waals surface area (Å²) in [6, 6.07) is 11.7. The van der Waals surface area contributed by atoms with Crippen LogP contribution in [0.4, 0.5) is 0 Å². The number of halogens is 1. The van der Waals surface area contributed by atoms with Gasteiger partial charge in [-0.25, -0.2) is 8.42 Å². The molecule has 29 heavy (non-hydrogen) atoms. The van der Waals surface area contributed by atoms with Gasteiger partial charge in [0.15, 0.2) is 5.11 Å². The van der Waals surface area contributed by atoms with E-state index in [0.717, 1.165) is 0 Å². The van der Waals surface area contributed by atoms with Gasteiger partial charge in [0.1, 0.15) is 5.57 Å². The van der Waals surface area contributed by atoms with Crippen molar-refractivity contribution in [1.29, 1.82) is 0 Å². The first-order valence-corrected chi connectivity index (χ1v) is 10.6. The van der Waals surface area contributed by atoms with Crippen molar-refractivity contribution in [2.75, 3.05) is 6.54 Å². The number of nitrogens with one attached hydrogen (secondary N) is 1. The zero-order valence-corrected chi connectivity index (χ0v) is 17.4. The number of nitrogens with zero attached hydrogens (tertiary/aromatic N) is 1. The molecule has 0 bridgehead atoms. The Morgan fingerprint density at radius 3 is 2.14 bits per heavy atom. The van der Waals surface area contributed by atoms with E-state index in [0.29, 0.717) is 10.6 Å². The van der Waals surface area contributed by atoms with Crippen LogP contribution in [0.15, 0.2) is 76.5 Å². The quantitative estimate of drug-likeness (QED) is 0.330. The van der Waals surface area contributed by atoms with Gasteiger partial charge in [-0.05, 0) is 60.3 Å². The van der Waals surface area contributed by atoms with Crippen molar-refractivity contribution in [3.8, 4) is 0 Å². The lowest BCUT2D eigenvalue weighted by molar-refractivity contribution is -0.128. The summed E-state index contributed by atoms with van der Waals surface area (Å²) in [5.41, 5.74) is 0.388. The third-order valence-corrected chi connectivity index (χ3v) is 6.48. The van der Waals surface area contributed by atoms with Crippen LogP contribution in [0.1, 0.15) is 5.56 Å². The molecule has 1 heterocycles. The second-order valence-corrected chi connectivity index (χ2v) is 8.82. The van der Waals surface area contributed by atoms with E-state index in [2.05, 4.69) is 11.9 Å². The lowest BCUT2D eigenvalue weighted by atomic mass is 10.1. The first-order valence-electron chi connectivity index (χ1n) is 8.34. The van der Waals surface area contributed by atoms with E-state index >= 15 is 0 Å². The molecular formula is C20H15ClN2O4S2. The molecule has 2 amide bonds. The minimum absolute atomic E-state index is 0.0152. The standard InChI is InChI=1S/C20H15ClN2O4S2/c1-2-11-23-19(25)17(18(24)22-20(23)28)12-13-3-7-15(8-4-13)29(26,27)16-9-5-14(21)6-10-16/h2-10,12H,1,11H2,(H,22,24,28)/b17-12+. The fourth-order valence-electron chi connectivity index (χ4n) is 2.65. The monoisotopic (exact) mass is 446 g/mol. The van der Waals surface area contributed by atoms with E-state index < -0.39 is 21.7 Å². The summed E-state index contributed by atoms with van der Waals surface area (Å²) in [5.74, 6) is -1.16. The molecule has 1 fully saturated rings. The molecule has 0 spiro atoms. The Balaban J connectivity index is 1.91. The molecule has 0 atom stereocenters. The predicted molar refractivity (Wildman–Crippen MR) is 114 cm³/mol. The van der Waals surface area contributed by atoms with Gasteiger partial charge in [0.2, 0.25) is 9.84 Å². The van der Waals surface area contributed by atoms with Gasteiger partial charge in [-0.2, -0.15) is 0 Å². The van der Waals surface area contributed by atoms with Gasteiger partial charge in [-0.3, -0.25) is 19.8 Å². The third-order valence-electron chi connectivity index (χ3n) is 4.12. The van der Waals surface area contributed by atoms with Crippen molar-refractivity contribution in [2.45, 2.75) is 9.79 Å². The zero-order valence-electron chi connectivity index (χ0n) is 15.0. The number of rotatable bonds is 5. The highest BCUT2D eigenvalue weighted by Gasteiger charge is 2.32. The number of sulfone groups is 1. The SMILES string of the molecule is C=CCN1C(=O)/C(=C/c2ccc(S(=O)(=O)c3ccc(Cl)cc3)cc2)C(=O)NC1=S.